The lowest BCUT2D eigenvalue weighted by atomic mass is 10.1. The molecule has 1 aromatic heterocycles. The van der Waals surface area contributed by atoms with Gasteiger partial charge in [-0.25, -0.2) is 4.79 Å². The standard InChI is InChI=1S/C21H25N3O4/c1-2-14-3-6-17-15(12-19(25)28-18(17)11-14)13-23-7-9-24(10-8-23)21(27)20(26)22-16-4-5-16/h3,6,11-12,16H,2,4-5,7-10,13H2,1H3,(H,22,26). The Morgan fingerprint density at radius 3 is 2.57 bits per heavy atom. The summed E-state index contributed by atoms with van der Waals surface area (Å²) in [6.07, 6.45) is 2.81. The lowest BCUT2D eigenvalue weighted by molar-refractivity contribution is -0.147. The first-order valence-electron chi connectivity index (χ1n) is 9.91. The van der Waals surface area contributed by atoms with Crippen LogP contribution in [-0.4, -0.2) is 53.8 Å². The van der Waals surface area contributed by atoms with Crippen LogP contribution in [0.1, 0.15) is 30.9 Å². The van der Waals surface area contributed by atoms with Crippen LogP contribution < -0.4 is 10.9 Å². The summed E-state index contributed by atoms with van der Waals surface area (Å²) in [4.78, 5) is 40.0. The molecule has 0 radical (unpaired) electrons. The number of amides is 2. The van der Waals surface area contributed by atoms with Gasteiger partial charge in [-0.1, -0.05) is 19.1 Å². The molecule has 0 atom stereocenters. The van der Waals surface area contributed by atoms with Crippen molar-refractivity contribution in [3.8, 4) is 0 Å². The lowest BCUT2D eigenvalue weighted by Gasteiger charge is -2.34. The molecule has 4 rings (SSSR count). The molecule has 2 heterocycles. The predicted octanol–water partition coefficient (Wildman–Crippen LogP) is 1.28. The number of rotatable bonds is 4. The monoisotopic (exact) mass is 383 g/mol. The third-order valence-corrected chi connectivity index (χ3v) is 5.46. The van der Waals surface area contributed by atoms with Crippen LogP contribution in [0.15, 0.2) is 33.5 Å². The van der Waals surface area contributed by atoms with E-state index in [1.165, 1.54) is 0 Å². The van der Waals surface area contributed by atoms with Gasteiger partial charge in [0.1, 0.15) is 5.58 Å². The highest BCUT2D eigenvalue weighted by molar-refractivity contribution is 6.35. The number of hydrogen-bond acceptors (Lipinski definition) is 5. The molecule has 0 unspecified atom stereocenters. The Kier molecular flexibility index (Phi) is 5.17. The van der Waals surface area contributed by atoms with Crippen molar-refractivity contribution in [2.45, 2.75) is 38.8 Å². The third-order valence-electron chi connectivity index (χ3n) is 5.46. The molecule has 2 aromatic rings. The molecule has 2 aliphatic rings. The summed E-state index contributed by atoms with van der Waals surface area (Å²) in [5.74, 6) is -0.932. The Morgan fingerprint density at radius 1 is 1.14 bits per heavy atom. The summed E-state index contributed by atoms with van der Waals surface area (Å²) >= 11 is 0. The second-order valence-corrected chi connectivity index (χ2v) is 7.59. The van der Waals surface area contributed by atoms with Gasteiger partial charge in [0.2, 0.25) is 0 Å². The van der Waals surface area contributed by atoms with Crippen molar-refractivity contribution in [2.75, 3.05) is 26.2 Å². The van der Waals surface area contributed by atoms with Crippen LogP contribution in [0.25, 0.3) is 11.0 Å². The third kappa shape index (κ3) is 4.09. The number of piperazine rings is 1. The summed E-state index contributed by atoms with van der Waals surface area (Å²) in [6, 6.07) is 7.73. The Balaban J connectivity index is 1.41. The SMILES string of the molecule is CCc1ccc2c(CN3CCN(C(=O)C(=O)NC4CC4)CC3)cc(=O)oc2c1. The number of carbonyl (C=O) groups excluding carboxylic acids is 2. The number of nitrogens with zero attached hydrogens (tertiary/aromatic N) is 2. The molecule has 1 aliphatic heterocycles. The minimum absolute atomic E-state index is 0.184. The molecule has 1 saturated carbocycles. The van der Waals surface area contributed by atoms with Gasteiger partial charge in [0, 0.05) is 50.2 Å². The lowest BCUT2D eigenvalue weighted by Crippen LogP contribution is -2.52. The first kappa shape index (κ1) is 18.7. The van der Waals surface area contributed by atoms with Crippen molar-refractivity contribution in [3.63, 3.8) is 0 Å². The van der Waals surface area contributed by atoms with Crippen molar-refractivity contribution < 1.29 is 14.0 Å². The van der Waals surface area contributed by atoms with Crippen LogP contribution in [0.3, 0.4) is 0 Å². The maximum absolute atomic E-state index is 12.2. The van der Waals surface area contributed by atoms with Gasteiger partial charge in [-0.3, -0.25) is 14.5 Å². The number of carbonyl (C=O) groups is 2. The van der Waals surface area contributed by atoms with Gasteiger partial charge < -0.3 is 14.6 Å². The summed E-state index contributed by atoms with van der Waals surface area (Å²) in [7, 11) is 0. The smallest absolute Gasteiger partial charge is 0.336 e. The van der Waals surface area contributed by atoms with E-state index in [4.69, 9.17) is 4.42 Å². The highest BCUT2D eigenvalue weighted by atomic mass is 16.4. The van der Waals surface area contributed by atoms with Crippen LogP contribution in [0, 0.1) is 0 Å². The average Bonchev–Trinajstić information content (AvgIpc) is 3.51. The molecule has 148 valence electrons. The molecule has 28 heavy (non-hydrogen) atoms. The maximum Gasteiger partial charge on any atom is 0.336 e. The normalized spacial score (nSPS) is 17.7. The Morgan fingerprint density at radius 2 is 1.89 bits per heavy atom. The van der Waals surface area contributed by atoms with Gasteiger partial charge >= 0.3 is 17.4 Å². The quantitative estimate of drug-likeness (QED) is 0.635. The highest BCUT2D eigenvalue weighted by Gasteiger charge is 2.30. The van der Waals surface area contributed by atoms with Crippen LogP contribution >= 0.6 is 0 Å². The van der Waals surface area contributed by atoms with Crippen molar-refractivity contribution in [1.29, 1.82) is 0 Å². The van der Waals surface area contributed by atoms with Crippen molar-refractivity contribution in [3.05, 3.63) is 45.8 Å². The van der Waals surface area contributed by atoms with Crippen molar-refractivity contribution in [1.82, 2.24) is 15.1 Å². The average molecular weight is 383 g/mol. The predicted molar refractivity (Wildman–Crippen MR) is 105 cm³/mol. The number of fused-ring (bicyclic) bond motifs is 1. The van der Waals surface area contributed by atoms with Gasteiger partial charge in [0.05, 0.1) is 0 Å². The van der Waals surface area contributed by atoms with Gasteiger partial charge in [-0.15, -0.1) is 0 Å². The minimum atomic E-state index is -0.491. The van der Waals surface area contributed by atoms with Crippen LogP contribution in [0.5, 0.6) is 0 Å². The molecule has 1 aromatic carbocycles. The summed E-state index contributed by atoms with van der Waals surface area (Å²) in [5, 5.41) is 3.69. The molecular formula is C21H25N3O4. The number of aryl methyl sites for hydroxylation is 1. The fourth-order valence-corrected chi connectivity index (χ4v) is 3.59. The molecular weight excluding hydrogens is 358 g/mol. The number of benzene rings is 1. The fraction of sp³-hybridized carbons (Fsp3) is 0.476. The molecule has 2 fully saturated rings. The van der Waals surface area contributed by atoms with Crippen LogP contribution in [-0.2, 0) is 22.6 Å². The van der Waals surface area contributed by atoms with Gasteiger partial charge in [-0.2, -0.15) is 0 Å². The summed E-state index contributed by atoms with van der Waals surface area (Å²) in [6.45, 7) is 5.03. The maximum atomic E-state index is 12.2. The largest absolute Gasteiger partial charge is 0.423 e. The molecule has 2 amide bonds. The zero-order valence-corrected chi connectivity index (χ0v) is 16.1. The molecule has 0 spiro atoms. The molecule has 0 bridgehead atoms. The first-order valence-corrected chi connectivity index (χ1v) is 9.91. The van der Waals surface area contributed by atoms with Gasteiger partial charge in [-0.05, 0) is 36.5 Å². The van der Waals surface area contributed by atoms with E-state index in [2.05, 4.69) is 23.2 Å². The van der Waals surface area contributed by atoms with Gasteiger partial charge in [0.15, 0.2) is 0 Å². The van der Waals surface area contributed by atoms with E-state index in [1.54, 1.807) is 11.0 Å². The van der Waals surface area contributed by atoms with E-state index >= 15 is 0 Å². The molecule has 7 heteroatoms. The van der Waals surface area contributed by atoms with E-state index < -0.39 is 11.8 Å². The Bertz CT molecular complexity index is 956. The first-order chi connectivity index (χ1) is 13.5. The van der Waals surface area contributed by atoms with Crippen molar-refractivity contribution in [2.24, 2.45) is 0 Å². The van der Waals surface area contributed by atoms with Gasteiger partial charge in [0.25, 0.3) is 0 Å². The number of nitrogens with one attached hydrogen (secondary N) is 1. The van der Waals surface area contributed by atoms with Crippen LogP contribution in [0.2, 0.25) is 0 Å². The van der Waals surface area contributed by atoms with Crippen molar-refractivity contribution >= 4 is 22.8 Å². The molecule has 1 saturated heterocycles. The zero-order chi connectivity index (χ0) is 19.7. The Labute approximate surface area is 163 Å². The van der Waals surface area contributed by atoms with E-state index in [0.29, 0.717) is 38.3 Å². The van der Waals surface area contributed by atoms with Crippen LogP contribution in [0.4, 0.5) is 0 Å². The zero-order valence-electron chi connectivity index (χ0n) is 16.1. The van der Waals surface area contributed by atoms with E-state index in [1.807, 2.05) is 12.1 Å². The summed E-state index contributed by atoms with van der Waals surface area (Å²) < 4.78 is 5.37. The second-order valence-electron chi connectivity index (χ2n) is 7.59. The van der Waals surface area contributed by atoms with E-state index in [9.17, 15) is 14.4 Å². The molecule has 7 nitrogen and oxygen atoms in total. The topological polar surface area (TPSA) is 82.9 Å². The molecule has 1 aliphatic carbocycles. The summed E-state index contributed by atoms with van der Waals surface area (Å²) in [5.41, 5.74) is 2.33. The van der Waals surface area contributed by atoms with E-state index in [0.717, 1.165) is 35.8 Å². The van der Waals surface area contributed by atoms with E-state index in [-0.39, 0.29) is 11.7 Å². The second kappa shape index (κ2) is 7.75. The highest BCUT2D eigenvalue weighted by Crippen LogP contribution is 2.21. The Hall–Kier alpha value is -2.67. The fourth-order valence-electron chi connectivity index (χ4n) is 3.59. The minimum Gasteiger partial charge on any atom is -0.423 e. The molecule has 1 N–H and O–H groups in total. The number of hydrogen-bond donors (Lipinski definition) is 1.